The predicted molar refractivity (Wildman–Crippen MR) is 66.8 cm³/mol. The molecular formula is C10H6Cl2N2S. The SMILES string of the molecule is N#C/C(=C\c1c(Cl)cccc1Cl)C(N)=S. The quantitative estimate of drug-likeness (QED) is 0.503. The summed E-state index contributed by atoms with van der Waals surface area (Å²) in [5, 5.41) is 9.67. The lowest BCUT2D eigenvalue weighted by atomic mass is 10.1. The molecule has 0 saturated carbocycles. The van der Waals surface area contributed by atoms with Crippen LogP contribution < -0.4 is 5.73 Å². The maximum Gasteiger partial charge on any atom is 0.114 e. The van der Waals surface area contributed by atoms with E-state index < -0.39 is 0 Å². The average molecular weight is 257 g/mol. The average Bonchev–Trinajstić information content (AvgIpc) is 2.17. The van der Waals surface area contributed by atoms with E-state index in [0.717, 1.165) is 0 Å². The van der Waals surface area contributed by atoms with E-state index in [2.05, 4.69) is 0 Å². The van der Waals surface area contributed by atoms with E-state index in [1.54, 1.807) is 18.2 Å². The van der Waals surface area contributed by atoms with Gasteiger partial charge in [0.15, 0.2) is 0 Å². The van der Waals surface area contributed by atoms with Gasteiger partial charge in [0.1, 0.15) is 11.1 Å². The maximum absolute atomic E-state index is 8.77. The number of nitrogens with zero attached hydrogens (tertiary/aromatic N) is 1. The molecule has 0 bridgehead atoms. The summed E-state index contributed by atoms with van der Waals surface area (Å²) in [7, 11) is 0. The second-order valence-corrected chi connectivity index (χ2v) is 3.92. The highest BCUT2D eigenvalue weighted by Crippen LogP contribution is 2.26. The van der Waals surface area contributed by atoms with Crippen molar-refractivity contribution >= 4 is 46.5 Å². The second kappa shape index (κ2) is 5.13. The molecule has 5 heteroatoms. The summed E-state index contributed by atoms with van der Waals surface area (Å²) in [5.74, 6) is 0. The van der Waals surface area contributed by atoms with E-state index in [1.165, 1.54) is 6.08 Å². The van der Waals surface area contributed by atoms with Crippen LogP contribution in [0.25, 0.3) is 6.08 Å². The van der Waals surface area contributed by atoms with Gasteiger partial charge < -0.3 is 5.73 Å². The van der Waals surface area contributed by atoms with Crippen molar-refractivity contribution < 1.29 is 0 Å². The van der Waals surface area contributed by atoms with E-state index >= 15 is 0 Å². The Morgan fingerprint density at radius 2 is 1.93 bits per heavy atom. The Hall–Kier alpha value is -1.08. The number of halogens is 2. The fourth-order valence-electron chi connectivity index (χ4n) is 0.951. The number of nitrogens with two attached hydrogens (primary N) is 1. The number of benzene rings is 1. The number of rotatable bonds is 2. The third kappa shape index (κ3) is 2.93. The molecule has 1 rings (SSSR count). The van der Waals surface area contributed by atoms with Crippen LogP contribution in [0.1, 0.15) is 5.56 Å². The molecule has 0 heterocycles. The molecule has 0 saturated heterocycles. The molecule has 0 unspecified atom stereocenters. The van der Waals surface area contributed by atoms with E-state index in [-0.39, 0.29) is 10.6 Å². The highest BCUT2D eigenvalue weighted by Gasteiger charge is 2.05. The van der Waals surface area contributed by atoms with Gasteiger partial charge in [0.2, 0.25) is 0 Å². The molecule has 0 aromatic heterocycles. The van der Waals surface area contributed by atoms with E-state index in [1.807, 2.05) is 6.07 Å². The summed E-state index contributed by atoms with van der Waals surface area (Å²) in [5.41, 5.74) is 6.08. The molecule has 0 radical (unpaired) electrons. The first-order valence-corrected chi connectivity index (χ1v) is 5.08. The highest BCUT2D eigenvalue weighted by molar-refractivity contribution is 7.80. The number of hydrogen-bond acceptors (Lipinski definition) is 2. The monoisotopic (exact) mass is 256 g/mol. The predicted octanol–water partition coefficient (Wildman–Crippen LogP) is 3.19. The van der Waals surface area contributed by atoms with Crippen molar-refractivity contribution in [2.75, 3.05) is 0 Å². The minimum Gasteiger partial charge on any atom is -0.389 e. The smallest absolute Gasteiger partial charge is 0.114 e. The summed E-state index contributed by atoms with van der Waals surface area (Å²) in [6.07, 6.45) is 1.48. The molecule has 2 N–H and O–H groups in total. The fraction of sp³-hybridized carbons (Fsp3) is 0. The Morgan fingerprint density at radius 3 is 2.33 bits per heavy atom. The van der Waals surface area contributed by atoms with Crippen LogP contribution in [0.3, 0.4) is 0 Å². The van der Waals surface area contributed by atoms with Crippen LogP contribution in [0.4, 0.5) is 0 Å². The van der Waals surface area contributed by atoms with Crippen LogP contribution in [0.15, 0.2) is 23.8 Å². The standard InChI is InChI=1S/C10H6Cl2N2S/c11-8-2-1-3-9(12)7(8)4-6(5-13)10(14)15/h1-4H,(H2,14,15)/b6-4+. The topological polar surface area (TPSA) is 49.8 Å². The zero-order valence-electron chi connectivity index (χ0n) is 7.50. The van der Waals surface area contributed by atoms with Crippen molar-refractivity contribution in [3.63, 3.8) is 0 Å². The first kappa shape index (κ1) is 12.0. The Bertz CT molecular complexity index is 455. The van der Waals surface area contributed by atoms with Gasteiger partial charge in [-0.05, 0) is 18.2 Å². The first-order valence-electron chi connectivity index (χ1n) is 3.92. The molecule has 0 fully saturated rings. The lowest BCUT2D eigenvalue weighted by molar-refractivity contribution is 1.51. The van der Waals surface area contributed by atoms with Crippen LogP contribution in [-0.4, -0.2) is 4.99 Å². The molecule has 15 heavy (non-hydrogen) atoms. The fourth-order valence-corrected chi connectivity index (χ4v) is 1.56. The van der Waals surface area contributed by atoms with Crippen molar-refractivity contribution in [2.24, 2.45) is 5.73 Å². The molecular weight excluding hydrogens is 251 g/mol. The van der Waals surface area contributed by atoms with Crippen LogP contribution in [0.5, 0.6) is 0 Å². The van der Waals surface area contributed by atoms with Gasteiger partial charge in [0.25, 0.3) is 0 Å². The zero-order chi connectivity index (χ0) is 11.4. The number of nitriles is 1. The molecule has 1 aromatic carbocycles. The summed E-state index contributed by atoms with van der Waals surface area (Å²) >= 11 is 16.5. The highest BCUT2D eigenvalue weighted by atomic mass is 35.5. The van der Waals surface area contributed by atoms with Gasteiger partial charge in [0.05, 0.1) is 5.57 Å². The summed E-state index contributed by atoms with van der Waals surface area (Å²) < 4.78 is 0. The summed E-state index contributed by atoms with van der Waals surface area (Å²) in [4.78, 5) is 0.0217. The molecule has 0 atom stereocenters. The minimum absolute atomic E-state index is 0.0217. The minimum atomic E-state index is 0.0217. The largest absolute Gasteiger partial charge is 0.389 e. The number of hydrogen-bond donors (Lipinski definition) is 1. The van der Waals surface area contributed by atoms with Crippen molar-refractivity contribution in [2.45, 2.75) is 0 Å². The Kier molecular flexibility index (Phi) is 4.10. The molecule has 76 valence electrons. The van der Waals surface area contributed by atoms with Crippen molar-refractivity contribution in [1.29, 1.82) is 5.26 Å². The van der Waals surface area contributed by atoms with E-state index in [9.17, 15) is 0 Å². The molecule has 0 aliphatic heterocycles. The molecule has 1 aromatic rings. The molecule has 0 spiro atoms. The third-order valence-corrected chi connectivity index (χ3v) is 2.55. The van der Waals surface area contributed by atoms with E-state index in [4.69, 9.17) is 46.4 Å². The van der Waals surface area contributed by atoms with Gasteiger partial charge in [-0.2, -0.15) is 5.26 Å². The Labute approximate surface area is 103 Å². The normalized spacial score (nSPS) is 10.9. The van der Waals surface area contributed by atoms with Crippen molar-refractivity contribution in [1.82, 2.24) is 0 Å². The maximum atomic E-state index is 8.77. The molecule has 0 amide bonds. The van der Waals surface area contributed by atoms with Gasteiger partial charge in [-0.25, -0.2) is 0 Å². The van der Waals surface area contributed by atoms with Gasteiger partial charge >= 0.3 is 0 Å². The van der Waals surface area contributed by atoms with Crippen molar-refractivity contribution in [3.8, 4) is 6.07 Å². The van der Waals surface area contributed by atoms with Crippen molar-refractivity contribution in [3.05, 3.63) is 39.4 Å². The third-order valence-electron chi connectivity index (χ3n) is 1.67. The Balaban J connectivity index is 3.30. The summed E-state index contributed by atoms with van der Waals surface area (Å²) in [6.45, 7) is 0. The van der Waals surface area contributed by atoms with Crippen LogP contribution >= 0.6 is 35.4 Å². The lowest BCUT2D eigenvalue weighted by Gasteiger charge is -2.01. The first-order chi connectivity index (χ1) is 7.06. The van der Waals surface area contributed by atoms with Gasteiger partial charge in [-0.15, -0.1) is 0 Å². The Morgan fingerprint density at radius 1 is 1.40 bits per heavy atom. The second-order valence-electron chi connectivity index (χ2n) is 2.67. The van der Waals surface area contributed by atoms with Crippen LogP contribution in [0, 0.1) is 11.3 Å². The van der Waals surface area contributed by atoms with Gasteiger partial charge in [-0.1, -0.05) is 41.5 Å². The van der Waals surface area contributed by atoms with E-state index in [0.29, 0.717) is 15.6 Å². The van der Waals surface area contributed by atoms with Gasteiger partial charge in [0, 0.05) is 15.6 Å². The zero-order valence-corrected chi connectivity index (χ0v) is 9.83. The lowest BCUT2D eigenvalue weighted by Crippen LogP contribution is -2.09. The summed E-state index contributed by atoms with van der Waals surface area (Å²) in [6, 6.07) is 6.95. The van der Waals surface area contributed by atoms with Crippen LogP contribution in [-0.2, 0) is 0 Å². The van der Waals surface area contributed by atoms with Gasteiger partial charge in [-0.3, -0.25) is 0 Å². The molecule has 0 aliphatic rings. The molecule has 0 aliphatic carbocycles. The van der Waals surface area contributed by atoms with Crippen LogP contribution in [0.2, 0.25) is 10.0 Å². The molecule has 2 nitrogen and oxygen atoms in total. The number of thiocarbonyl (C=S) groups is 1.